The standard InChI is InChI=1S/C17H24N2O3/c1-10-8-11(2)15(12(3)9-10)19-17(22)16(21)18-13-4-6-14(20)7-5-13/h8-9,13-14,20H,4-7H2,1-3H3,(H,18,21)(H,19,22). The number of carbonyl (C=O) groups is 2. The predicted octanol–water partition coefficient (Wildman–Crippen LogP) is 1.97. The maximum Gasteiger partial charge on any atom is 0.313 e. The quantitative estimate of drug-likeness (QED) is 0.731. The maximum atomic E-state index is 12.1. The van der Waals surface area contributed by atoms with E-state index in [1.165, 1.54) is 0 Å². The highest BCUT2D eigenvalue weighted by Crippen LogP contribution is 2.22. The highest BCUT2D eigenvalue weighted by atomic mass is 16.3. The van der Waals surface area contributed by atoms with Crippen LogP contribution in [-0.4, -0.2) is 29.1 Å². The molecule has 1 fully saturated rings. The molecule has 0 atom stereocenters. The minimum atomic E-state index is -0.638. The summed E-state index contributed by atoms with van der Waals surface area (Å²) in [5.74, 6) is -1.25. The van der Waals surface area contributed by atoms with E-state index in [-0.39, 0.29) is 12.1 Å². The largest absolute Gasteiger partial charge is 0.393 e. The number of rotatable bonds is 2. The van der Waals surface area contributed by atoms with Crippen LogP contribution in [0, 0.1) is 20.8 Å². The summed E-state index contributed by atoms with van der Waals surface area (Å²) < 4.78 is 0. The summed E-state index contributed by atoms with van der Waals surface area (Å²) in [6.07, 6.45) is 2.48. The zero-order valence-corrected chi connectivity index (χ0v) is 13.4. The van der Waals surface area contributed by atoms with E-state index < -0.39 is 11.8 Å². The van der Waals surface area contributed by atoms with Crippen molar-refractivity contribution in [3.8, 4) is 0 Å². The summed E-state index contributed by atoms with van der Waals surface area (Å²) in [6.45, 7) is 5.82. The Morgan fingerprint density at radius 3 is 2.09 bits per heavy atom. The summed E-state index contributed by atoms with van der Waals surface area (Å²) in [4.78, 5) is 24.1. The lowest BCUT2D eigenvalue weighted by Crippen LogP contribution is -2.44. The lowest BCUT2D eigenvalue weighted by atomic mass is 9.93. The van der Waals surface area contributed by atoms with Gasteiger partial charge in [0.05, 0.1) is 6.10 Å². The second-order valence-corrected chi connectivity index (χ2v) is 6.21. The number of aliphatic hydroxyl groups is 1. The van der Waals surface area contributed by atoms with Gasteiger partial charge in [0.15, 0.2) is 0 Å². The molecule has 1 aliphatic rings. The van der Waals surface area contributed by atoms with Crippen LogP contribution in [-0.2, 0) is 9.59 Å². The summed E-state index contributed by atoms with van der Waals surface area (Å²) >= 11 is 0. The minimum Gasteiger partial charge on any atom is -0.393 e. The average molecular weight is 304 g/mol. The number of benzene rings is 1. The lowest BCUT2D eigenvalue weighted by molar-refractivity contribution is -0.136. The van der Waals surface area contributed by atoms with Crippen molar-refractivity contribution in [2.75, 3.05) is 5.32 Å². The first-order valence-corrected chi connectivity index (χ1v) is 7.74. The first-order chi connectivity index (χ1) is 10.4. The van der Waals surface area contributed by atoms with E-state index in [9.17, 15) is 14.7 Å². The van der Waals surface area contributed by atoms with Gasteiger partial charge in [-0.2, -0.15) is 0 Å². The van der Waals surface area contributed by atoms with Crippen LogP contribution in [0.15, 0.2) is 12.1 Å². The van der Waals surface area contributed by atoms with Gasteiger partial charge in [-0.05, 0) is 57.6 Å². The lowest BCUT2D eigenvalue weighted by Gasteiger charge is -2.26. The molecule has 0 saturated heterocycles. The van der Waals surface area contributed by atoms with Crippen molar-refractivity contribution in [1.29, 1.82) is 0 Å². The number of nitrogens with one attached hydrogen (secondary N) is 2. The van der Waals surface area contributed by atoms with Crippen molar-refractivity contribution in [3.05, 3.63) is 28.8 Å². The molecule has 2 amide bonds. The van der Waals surface area contributed by atoms with Crippen molar-refractivity contribution in [1.82, 2.24) is 5.32 Å². The number of aliphatic hydroxyl groups excluding tert-OH is 1. The van der Waals surface area contributed by atoms with Crippen molar-refractivity contribution < 1.29 is 14.7 Å². The van der Waals surface area contributed by atoms with Crippen LogP contribution >= 0.6 is 0 Å². The summed E-state index contributed by atoms with van der Waals surface area (Å²) in [5.41, 5.74) is 3.71. The third-order valence-corrected chi connectivity index (χ3v) is 4.15. The molecule has 0 bridgehead atoms. The summed E-state index contributed by atoms with van der Waals surface area (Å²) in [6, 6.07) is 3.92. The van der Waals surface area contributed by atoms with Gasteiger partial charge in [0.1, 0.15) is 0 Å². The Balaban J connectivity index is 1.96. The fourth-order valence-corrected chi connectivity index (χ4v) is 3.02. The van der Waals surface area contributed by atoms with Gasteiger partial charge in [-0.15, -0.1) is 0 Å². The van der Waals surface area contributed by atoms with Gasteiger partial charge in [-0.25, -0.2) is 0 Å². The van der Waals surface area contributed by atoms with Gasteiger partial charge < -0.3 is 15.7 Å². The number of aryl methyl sites for hydroxylation is 3. The molecule has 1 aromatic carbocycles. The molecule has 1 saturated carbocycles. The first kappa shape index (κ1) is 16.5. The van der Waals surface area contributed by atoms with Crippen molar-refractivity contribution in [2.24, 2.45) is 0 Å². The highest BCUT2D eigenvalue weighted by molar-refractivity contribution is 6.39. The van der Waals surface area contributed by atoms with Crippen molar-refractivity contribution in [2.45, 2.75) is 58.6 Å². The molecule has 2 rings (SSSR count). The zero-order valence-electron chi connectivity index (χ0n) is 13.4. The summed E-state index contributed by atoms with van der Waals surface area (Å²) in [7, 11) is 0. The SMILES string of the molecule is Cc1cc(C)c(NC(=O)C(=O)NC2CCC(O)CC2)c(C)c1. The highest BCUT2D eigenvalue weighted by Gasteiger charge is 2.24. The topological polar surface area (TPSA) is 78.4 Å². The fourth-order valence-electron chi connectivity index (χ4n) is 3.02. The van der Waals surface area contributed by atoms with E-state index in [0.717, 1.165) is 16.7 Å². The van der Waals surface area contributed by atoms with Crippen molar-refractivity contribution >= 4 is 17.5 Å². The Labute approximate surface area is 131 Å². The van der Waals surface area contributed by atoms with Gasteiger partial charge in [-0.1, -0.05) is 17.7 Å². The van der Waals surface area contributed by atoms with Crippen LogP contribution < -0.4 is 10.6 Å². The molecular formula is C17H24N2O3. The Morgan fingerprint density at radius 1 is 1.00 bits per heavy atom. The van der Waals surface area contributed by atoms with E-state index >= 15 is 0 Å². The molecule has 0 unspecified atom stereocenters. The molecule has 22 heavy (non-hydrogen) atoms. The molecule has 5 nitrogen and oxygen atoms in total. The predicted molar refractivity (Wildman–Crippen MR) is 85.7 cm³/mol. The van der Waals surface area contributed by atoms with Crippen LogP contribution in [0.2, 0.25) is 0 Å². The molecule has 120 valence electrons. The molecule has 0 heterocycles. The van der Waals surface area contributed by atoms with Gasteiger partial charge >= 0.3 is 11.8 Å². The minimum absolute atomic E-state index is 0.0261. The maximum absolute atomic E-state index is 12.1. The number of hydrogen-bond donors (Lipinski definition) is 3. The number of anilines is 1. The van der Waals surface area contributed by atoms with Crippen LogP contribution in [0.3, 0.4) is 0 Å². The van der Waals surface area contributed by atoms with E-state index in [2.05, 4.69) is 10.6 Å². The van der Waals surface area contributed by atoms with Crippen LogP contribution in [0.1, 0.15) is 42.4 Å². The average Bonchev–Trinajstić information content (AvgIpc) is 2.45. The molecule has 1 aliphatic carbocycles. The normalized spacial score (nSPS) is 21.3. The van der Waals surface area contributed by atoms with Gasteiger partial charge in [0.25, 0.3) is 0 Å². The molecular weight excluding hydrogens is 280 g/mol. The molecule has 3 N–H and O–H groups in total. The van der Waals surface area contributed by atoms with E-state index in [4.69, 9.17) is 0 Å². The number of amides is 2. The van der Waals surface area contributed by atoms with Crippen LogP contribution in [0.5, 0.6) is 0 Å². The molecule has 0 radical (unpaired) electrons. The Kier molecular flexibility index (Phi) is 5.19. The fraction of sp³-hybridized carbons (Fsp3) is 0.529. The molecule has 0 aromatic heterocycles. The van der Waals surface area contributed by atoms with Gasteiger partial charge in [0.2, 0.25) is 0 Å². The monoisotopic (exact) mass is 304 g/mol. The Bertz CT molecular complexity index is 552. The molecule has 5 heteroatoms. The third-order valence-electron chi connectivity index (χ3n) is 4.15. The second-order valence-electron chi connectivity index (χ2n) is 6.21. The first-order valence-electron chi connectivity index (χ1n) is 7.74. The smallest absolute Gasteiger partial charge is 0.313 e. The number of carbonyl (C=O) groups excluding carboxylic acids is 2. The zero-order chi connectivity index (χ0) is 16.3. The molecule has 1 aromatic rings. The Hall–Kier alpha value is -1.88. The second kappa shape index (κ2) is 6.92. The molecule has 0 aliphatic heterocycles. The van der Waals surface area contributed by atoms with E-state index in [1.807, 2.05) is 32.9 Å². The van der Waals surface area contributed by atoms with Gasteiger partial charge in [0, 0.05) is 11.7 Å². The number of hydrogen-bond acceptors (Lipinski definition) is 3. The van der Waals surface area contributed by atoms with Crippen molar-refractivity contribution in [3.63, 3.8) is 0 Å². The third kappa shape index (κ3) is 4.07. The Morgan fingerprint density at radius 2 is 1.55 bits per heavy atom. The van der Waals surface area contributed by atoms with E-state index in [1.54, 1.807) is 0 Å². The molecule has 0 spiro atoms. The van der Waals surface area contributed by atoms with Gasteiger partial charge in [-0.3, -0.25) is 9.59 Å². The van der Waals surface area contributed by atoms with Crippen LogP contribution in [0.4, 0.5) is 5.69 Å². The van der Waals surface area contributed by atoms with E-state index in [0.29, 0.717) is 31.4 Å². The van der Waals surface area contributed by atoms with Crippen LogP contribution in [0.25, 0.3) is 0 Å². The summed E-state index contributed by atoms with van der Waals surface area (Å²) in [5, 5.41) is 14.9.